The van der Waals surface area contributed by atoms with Gasteiger partial charge in [0.2, 0.25) is 0 Å². The lowest BCUT2D eigenvalue weighted by atomic mass is 10.1. The van der Waals surface area contributed by atoms with Crippen molar-refractivity contribution in [2.75, 3.05) is 19.1 Å². The highest BCUT2D eigenvalue weighted by molar-refractivity contribution is 9.10. The van der Waals surface area contributed by atoms with Crippen LogP contribution in [0.2, 0.25) is 0 Å². The number of hydrogen-bond donors (Lipinski definition) is 0. The van der Waals surface area contributed by atoms with Gasteiger partial charge in [-0.25, -0.2) is 0 Å². The van der Waals surface area contributed by atoms with Crippen molar-refractivity contribution in [1.82, 2.24) is 0 Å². The van der Waals surface area contributed by atoms with Gasteiger partial charge < -0.3 is 9.64 Å². The first kappa shape index (κ1) is 14.6. The summed E-state index contributed by atoms with van der Waals surface area (Å²) in [6, 6.07) is 13.4. The molecule has 20 heavy (non-hydrogen) atoms. The van der Waals surface area contributed by atoms with Gasteiger partial charge in [-0.05, 0) is 37.3 Å². The van der Waals surface area contributed by atoms with Crippen molar-refractivity contribution in [2.45, 2.75) is 6.92 Å². The lowest BCUT2D eigenvalue weighted by molar-refractivity contribution is 0.101. The minimum atomic E-state index is 0.0380. The number of anilines is 2. The Balaban J connectivity index is 2.47. The van der Waals surface area contributed by atoms with Crippen LogP contribution >= 0.6 is 15.9 Å². The first-order chi connectivity index (χ1) is 9.52. The Hall–Kier alpha value is -1.81. The molecule has 2 aromatic carbocycles. The van der Waals surface area contributed by atoms with Gasteiger partial charge in [0.15, 0.2) is 5.78 Å². The molecule has 0 saturated heterocycles. The molecular weight excluding hydrogens is 318 g/mol. The number of carbonyl (C=O) groups excluding carboxylic acids is 1. The van der Waals surface area contributed by atoms with Gasteiger partial charge in [-0.15, -0.1) is 0 Å². The number of rotatable bonds is 4. The molecule has 0 aromatic heterocycles. The third kappa shape index (κ3) is 3.02. The van der Waals surface area contributed by atoms with Gasteiger partial charge in [-0.2, -0.15) is 0 Å². The van der Waals surface area contributed by atoms with E-state index in [1.165, 1.54) is 0 Å². The molecule has 104 valence electrons. The maximum Gasteiger partial charge on any atom is 0.161 e. The van der Waals surface area contributed by atoms with Crippen molar-refractivity contribution < 1.29 is 9.53 Å². The Kier molecular flexibility index (Phi) is 4.45. The molecule has 4 heteroatoms. The van der Waals surface area contributed by atoms with Crippen molar-refractivity contribution in [1.29, 1.82) is 0 Å². The van der Waals surface area contributed by atoms with E-state index < -0.39 is 0 Å². The minimum Gasteiger partial charge on any atom is -0.497 e. The number of ketones is 1. The third-order valence-electron chi connectivity index (χ3n) is 3.14. The molecular formula is C16H16BrNO2. The summed E-state index contributed by atoms with van der Waals surface area (Å²) in [5.74, 6) is 0.826. The van der Waals surface area contributed by atoms with Gasteiger partial charge in [0.05, 0.1) is 12.8 Å². The highest BCUT2D eigenvalue weighted by Crippen LogP contribution is 2.31. The Labute approximate surface area is 127 Å². The summed E-state index contributed by atoms with van der Waals surface area (Å²) in [5, 5.41) is 0. The topological polar surface area (TPSA) is 29.5 Å². The normalized spacial score (nSPS) is 10.2. The van der Waals surface area contributed by atoms with E-state index in [4.69, 9.17) is 4.74 Å². The second-order valence-corrected chi connectivity index (χ2v) is 5.39. The summed E-state index contributed by atoms with van der Waals surface area (Å²) in [5.41, 5.74) is 2.52. The molecule has 0 aliphatic heterocycles. The van der Waals surface area contributed by atoms with Crippen molar-refractivity contribution in [3.05, 3.63) is 52.5 Å². The first-order valence-corrected chi connectivity index (χ1v) is 7.00. The molecule has 2 aromatic rings. The van der Waals surface area contributed by atoms with Crippen LogP contribution in [0, 0.1) is 0 Å². The lowest BCUT2D eigenvalue weighted by Crippen LogP contribution is -2.13. The van der Waals surface area contributed by atoms with Gasteiger partial charge in [-0.3, -0.25) is 4.79 Å². The van der Waals surface area contributed by atoms with Crippen molar-refractivity contribution in [3.8, 4) is 5.75 Å². The van der Waals surface area contributed by atoms with E-state index in [-0.39, 0.29) is 5.78 Å². The molecule has 0 saturated carbocycles. The van der Waals surface area contributed by atoms with Gasteiger partial charge >= 0.3 is 0 Å². The van der Waals surface area contributed by atoms with Crippen LogP contribution in [0.5, 0.6) is 5.75 Å². The van der Waals surface area contributed by atoms with E-state index >= 15 is 0 Å². The summed E-state index contributed by atoms with van der Waals surface area (Å²) in [4.78, 5) is 13.8. The molecule has 0 bridgehead atoms. The number of methoxy groups -OCH3 is 1. The lowest BCUT2D eigenvalue weighted by Gasteiger charge is -2.22. The fourth-order valence-corrected chi connectivity index (χ4v) is 2.40. The summed E-state index contributed by atoms with van der Waals surface area (Å²) < 4.78 is 6.13. The Bertz CT molecular complexity index is 640. The molecule has 0 aliphatic rings. The SMILES string of the molecule is COc1cccc(N(C)c2ccc(Br)cc2C(C)=O)c1. The molecule has 0 spiro atoms. The van der Waals surface area contributed by atoms with Crippen LogP contribution in [-0.2, 0) is 0 Å². The zero-order valence-electron chi connectivity index (χ0n) is 11.7. The second-order valence-electron chi connectivity index (χ2n) is 4.48. The van der Waals surface area contributed by atoms with Crippen LogP contribution in [0.15, 0.2) is 46.9 Å². The second kappa shape index (κ2) is 6.09. The third-order valence-corrected chi connectivity index (χ3v) is 3.63. The van der Waals surface area contributed by atoms with Crippen molar-refractivity contribution in [2.24, 2.45) is 0 Å². The highest BCUT2D eigenvalue weighted by atomic mass is 79.9. The molecule has 2 rings (SSSR count). The Morgan fingerprint density at radius 1 is 1.20 bits per heavy atom. The Morgan fingerprint density at radius 3 is 2.60 bits per heavy atom. The number of nitrogens with zero attached hydrogens (tertiary/aromatic N) is 1. The fourth-order valence-electron chi connectivity index (χ4n) is 2.04. The largest absolute Gasteiger partial charge is 0.497 e. The van der Waals surface area contributed by atoms with Gasteiger partial charge in [0.25, 0.3) is 0 Å². The van der Waals surface area contributed by atoms with Crippen LogP contribution in [0.4, 0.5) is 11.4 Å². The van der Waals surface area contributed by atoms with Crippen molar-refractivity contribution >= 4 is 33.1 Å². The van der Waals surface area contributed by atoms with E-state index in [0.717, 1.165) is 21.6 Å². The quantitative estimate of drug-likeness (QED) is 0.775. The average molecular weight is 334 g/mol. The zero-order valence-corrected chi connectivity index (χ0v) is 13.3. The number of hydrogen-bond acceptors (Lipinski definition) is 3. The van der Waals surface area contributed by atoms with Crippen LogP contribution in [0.3, 0.4) is 0 Å². The molecule has 0 unspecified atom stereocenters. The average Bonchev–Trinajstić information content (AvgIpc) is 2.46. The molecule has 0 radical (unpaired) electrons. The monoisotopic (exact) mass is 333 g/mol. The van der Waals surface area contributed by atoms with Crippen LogP contribution < -0.4 is 9.64 Å². The van der Waals surface area contributed by atoms with E-state index in [0.29, 0.717) is 5.56 Å². The number of Topliss-reactive ketones (excluding diaryl/α,β-unsaturated/α-hetero) is 1. The van der Waals surface area contributed by atoms with E-state index in [2.05, 4.69) is 15.9 Å². The predicted molar refractivity (Wildman–Crippen MR) is 85.2 cm³/mol. The molecule has 0 heterocycles. The summed E-state index contributed by atoms with van der Waals surface area (Å²) in [7, 11) is 3.57. The van der Waals surface area contributed by atoms with E-state index in [1.54, 1.807) is 14.0 Å². The maximum absolute atomic E-state index is 11.8. The number of ether oxygens (including phenoxy) is 1. The van der Waals surface area contributed by atoms with Gasteiger partial charge in [0.1, 0.15) is 5.75 Å². The summed E-state index contributed by atoms with van der Waals surface area (Å²) >= 11 is 3.40. The number of benzene rings is 2. The minimum absolute atomic E-state index is 0.0380. The molecule has 0 amide bonds. The van der Waals surface area contributed by atoms with Crippen LogP contribution in [-0.4, -0.2) is 19.9 Å². The first-order valence-electron chi connectivity index (χ1n) is 6.21. The molecule has 0 atom stereocenters. The van der Waals surface area contributed by atoms with Gasteiger partial charge in [0, 0.05) is 28.8 Å². The fraction of sp³-hybridized carbons (Fsp3) is 0.188. The standard InChI is InChI=1S/C16H16BrNO2/c1-11(19)15-9-12(17)7-8-16(15)18(2)13-5-4-6-14(10-13)20-3/h4-10H,1-3H3. The van der Waals surface area contributed by atoms with Crippen LogP contribution in [0.25, 0.3) is 0 Å². The smallest absolute Gasteiger partial charge is 0.161 e. The molecule has 0 aliphatic carbocycles. The van der Waals surface area contributed by atoms with Crippen LogP contribution in [0.1, 0.15) is 17.3 Å². The Morgan fingerprint density at radius 2 is 1.95 bits per heavy atom. The summed E-state index contributed by atoms with van der Waals surface area (Å²) in [6.45, 7) is 1.57. The molecule has 0 N–H and O–H groups in total. The van der Waals surface area contributed by atoms with E-state index in [1.807, 2.05) is 54.4 Å². The van der Waals surface area contributed by atoms with Crippen molar-refractivity contribution in [3.63, 3.8) is 0 Å². The zero-order chi connectivity index (χ0) is 14.7. The maximum atomic E-state index is 11.8. The van der Waals surface area contributed by atoms with Gasteiger partial charge in [-0.1, -0.05) is 22.0 Å². The summed E-state index contributed by atoms with van der Waals surface area (Å²) in [6.07, 6.45) is 0. The molecule has 0 fully saturated rings. The number of halogens is 1. The molecule has 3 nitrogen and oxygen atoms in total. The predicted octanol–water partition coefficient (Wildman–Crippen LogP) is 4.43. The van der Waals surface area contributed by atoms with E-state index in [9.17, 15) is 4.79 Å². The highest BCUT2D eigenvalue weighted by Gasteiger charge is 2.13. The number of carbonyl (C=O) groups is 1.